The Morgan fingerprint density at radius 1 is 1.23 bits per heavy atom. The van der Waals surface area contributed by atoms with Gasteiger partial charge in [0.1, 0.15) is 5.78 Å². The van der Waals surface area contributed by atoms with E-state index in [-0.39, 0.29) is 17.7 Å². The first-order chi connectivity index (χ1) is 6.27. The molecule has 0 bridgehead atoms. The van der Waals surface area contributed by atoms with E-state index in [2.05, 4.69) is 5.32 Å². The molecule has 2 rings (SSSR count). The number of hydrogen-bond acceptors (Lipinski definition) is 2. The molecule has 13 heavy (non-hydrogen) atoms. The zero-order chi connectivity index (χ0) is 9.26. The molecule has 3 nitrogen and oxygen atoms in total. The van der Waals surface area contributed by atoms with Gasteiger partial charge in [0.15, 0.2) is 0 Å². The van der Waals surface area contributed by atoms with Crippen LogP contribution in [0.15, 0.2) is 0 Å². The fraction of sp³-hybridized carbons (Fsp3) is 0.800. The van der Waals surface area contributed by atoms with Gasteiger partial charge in [0.25, 0.3) is 0 Å². The predicted octanol–water partition coefficient (Wildman–Crippen LogP) is 0.882. The van der Waals surface area contributed by atoms with E-state index in [1.807, 2.05) is 0 Å². The van der Waals surface area contributed by atoms with Crippen molar-refractivity contribution in [2.24, 2.45) is 11.8 Å². The highest BCUT2D eigenvalue weighted by atomic mass is 16.2. The van der Waals surface area contributed by atoms with Gasteiger partial charge >= 0.3 is 0 Å². The number of Topliss-reactive ketones (excluding diaryl/α,β-unsaturated/α-hetero) is 1. The van der Waals surface area contributed by atoms with Crippen molar-refractivity contribution >= 4 is 11.7 Å². The lowest BCUT2D eigenvalue weighted by molar-refractivity contribution is -0.127. The highest BCUT2D eigenvalue weighted by molar-refractivity contribution is 5.91. The monoisotopic (exact) mass is 181 g/mol. The molecular formula is C10H15NO2. The minimum Gasteiger partial charge on any atom is -0.355 e. The van der Waals surface area contributed by atoms with E-state index >= 15 is 0 Å². The lowest BCUT2D eigenvalue weighted by Gasteiger charge is -2.11. The summed E-state index contributed by atoms with van der Waals surface area (Å²) >= 11 is 0. The van der Waals surface area contributed by atoms with Crippen molar-refractivity contribution < 1.29 is 9.59 Å². The Kier molecular flexibility index (Phi) is 2.34. The normalized spacial score (nSPS) is 29.2. The van der Waals surface area contributed by atoms with Crippen LogP contribution in [0.3, 0.4) is 0 Å². The first kappa shape index (κ1) is 8.73. The summed E-state index contributed by atoms with van der Waals surface area (Å²) in [7, 11) is 0. The van der Waals surface area contributed by atoms with Crippen LogP contribution in [-0.4, -0.2) is 18.2 Å². The minimum atomic E-state index is -0.0180. The molecule has 1 heterocycles. The summed E-state index contributed by atoms with van der Waals surface area (Å²) in [4.78, 5) is 22.7. The summed E-state index contributed by atoms with van der Waals surface area (Å²) in [5.41, 5.74) is 0. The molecule has 0 spiro atoms. The maximum Gasteiger partial charge on any atom is 0.220 e. The molecule has 1 saturated heterocycles. The van der Waals surface area contributed by atoms with Crippen LogP contribution in [0.1, 0.15) is 32.1 Å². The Bertz CT molecular complexity index is 231. The van der Waals surface area contributed by atoms with E-state index in [1.54, 1.807) is 0 Å². The molecule has 2 fully saturated rings. The lowest BCUT2D eigenvalue weighted by atomic mass is 9.91. The Balaban J connectivity index is 1.92. The van der Waals surface area contributed by atoms with Gasteiger partial charge in [0.2, 0.25) is 5.91 Å². The summed E-state index contributed by atoms with van der Waals surface area (Å²) in [5, 5.41) is 2.71. The highest BCUT2D eigenvalue weighted by Gasteiger charge is 2.33. The first-order valence-electron chi connectivity index (χ1n) is 5.08. The van der Waals surface area contributed by atoms with Crippen LogP contribution < -0.4 is 5.32 Å². The van der Waals surface area contributed by atoms with Crippen molar-refractivity contribution in [1.82, 2.24) is 5.32 Å². The summed E-state index contributed by atoms with van der Waals surface area (Å²) in [6, 6.07) is 0. The SMILES string of the molecule is O=C1CC(C(=O)C2CCCC2)CN1. The van der Waals surface area contributed by atoms with Crippen LogP contribution >= 0.6 is 0 Å². The fourth-order valence-corrected chi connectivity index (χ4v) is 2.35. The number of rotatable bonds is 2. The van der Waals surface area contributed by atoms with Gasteiger partial charge in [0.05, 0.1) is 0 Å². The van der Waals surface area contributed by atoms with E-state index in [4.69, 9.17) is 0 Å². The van der Waals surface area contributed by atoms with E-state index in [9.17, 15) is 9.59 Å². The third-order valence-corrected chi connectivity index (χ3v) is 3.14. The molecule has 1 N–H and O–H groups in total. The van der Waals surface area contributed by atoms with Gasteiger partial charge in [-0.3, -0.25) is 9.59 Å². The van der Waals surface area contributed by atoms with Gasteiger partial charge < -0.3 is 5.32 Å². The number of nitrogens with one attached hydrogen (secondary N) is 1. The summed E-state index contributed by atoms with van der Waals surface area (Å²) in [6.45, 7) is 0.578. The molecule has 1 aliphatic carbocycles. The highest BCUT2D eigenvalue weighted by Crippen LogP contribution is 2.29. The average Bonchev–Trinajstić information content (AvgIpc) is 2.72. The predicted molar refractivity (Wildman–Crippen MR) is 48.1 cm³/mol. The van der Waals surface area contributed by atoms with Gasteiger partial charge in [-0.1, -0.05) is 12.8 Å². The summed E-state index contributed by atoms with van der Waals surface area (Å²) in [6.07, 6.45) is 4.89. The van der Waals surface area contributed by atoms with Crippen LogP contribution in [0.2, 0.25) is 0 Å². The molecule has 1 unspecified atom stereocenters. The van der Waals surface area contributed by atoms with Crippen LogP contribution in [0.25, 0.3) is 0 Å². The summed E-state index contributed by atoms with van der Waals surface area (Å²) in [5.74, 6) is 0.612. The molecule has 0 aromatic rings. The maximum atomic E-state index is 11.8. The van der Waals surface area contributed by atoms with Crippen molar-refractivity contribution in [1.29, 1.82) is 0 Å². The second kappa shape index (κ2) is 3.48. The van der Waals surface area contributed by atoms with Crippen molar-refractivity contribution in [3.63, 3.8) is 0 Å². The standard InChI is InChI=1S/C10H15NO2/c12-9-5-8(6-11-9)10(13)7-3-1-2-4-7/h7-8H,1-6H2,(H,11,12). The van der Waals surface area contributed by atoms with Crippen molar-refractivity contribution in [2.75, 3.05) is 6.54 Å². The van der Waals surface area contributed by atoms with Crippen molar-refractivity contribution in [3.8, 4) is 0 Å². The molecule has 0 aromatic carbocycles. The molecule has 1 saturated carbocycles. The molecule has 0 radical (unpaired) electrons. The Hall–Kier alpha value is -0.860. The molecule has 2 aliphatic rings. The summed E-state index contributed by atoms with van der Waals surface area (Å²) < 4.78 is 0. The number of hydrogen-bond donors (Lipinski definition) is 1. The van der Waals surface area contributed by atoms with Gasteiger partial charge in [-0.25, -0.2) is 0 Å². The maximum absolute atomic E-state index is 11.8. The van der Waals surface area contributed by atoms with E-state index < -0.39 is 0 Å². The molecule has 3 heteroatoms. The van der Waals surface area contributed by atoms with Gasteiger partial charge in [0, 0.05) is 24.8 Å². The van der Waals surface area contributed by atoms with Crippen molar-refractivity contribution in [3.05, 3.63) is 0 Å². The van der Waals surface area contributed by atoms with Gasteiger partial charge in [-0.2, -0.15) is 0 Å². The van der Waals surface area contributed by atoms with Crippen LogP contribution in [-0.2, 0) is 9.59 Å². The zero-order valence-electron chi connectivity index (χ0n) is 7.71. The lowest BCUT2D eigenvalue weighted by Crippen LogP contribution is -2.23. The molecule has 1 atom stereocenters. The zero-order valence-corrected chi connectivity index (χ0v) is 7.71. The second-order valence-corrected chi connectivity index (χ2v) is 4.09. The van der Waals surface area contributed by atoms with Crippen LogP contribution in [0.5, 0.6) is 0 Å². The van der Waals surface area contributed by atoms with Crippen LogP contribution in [0.4, 0.5) is 0 Å². The third-order valence-electron chi connectivity index (χ3n) is 3.14. The van der Waals surface area contributed by atoms with E-state index in [0.717, 1.165) is 12.8 Å². The molecule has 72 valence electrons. The molecular weight excluding hydrogens is 166 g/mol. The number of amides is 1. The molecule has 0 aromatic heterocycles. The Labute approximate surface area is 77.9 Å². The Morgan fingerprint density at radius 3 is 2.46 bits per heavy atom. The minimum absolute atomic E-state index is 0.0180. The molecule has 1 amide bonds. The topological polar surface area (TPSA) is 46.2 Å². The smallest absolute Gasteiger partial charge is 0.220 e. The fourth-order valence-electron chi connectivity index (χ4n) is 2.35. The van der Waals surface area contributed by atoms with Crippen LogP contribution in [0, 0.1) is 11.8 Å². The average molecular weight is 181 g/mol. The molecule has 1 aliphatic heterocycles. The van der Waals surface area contributed by atoms with Gasteiger partial charge in [-0.05, 0) is 12.8 Å². The second-order valence-electron chi connectivity index (χ2n) is 4.09. The third kappa shape index (κ3) is 1.74. The quantitative estimate of drug-likeness (QED) is 0.687. The van der Waals surface area contributed by atoms with E-state index in [1.165, 1.54) is 12.8 Å². The number of carbonyl (C=O) groups is 2. The largest absolute Gasteiger partial charge is 0.355 e. The first-order valence-corrected chi connectivity index (χ1v) is 5.08. The van der Waals surface area contributed by atoms with E-state index in [0.29, 0.717) is 18.7 Å². The van der Waals surface area contributed by atoms with Gasteiger partial charge in [-0.15, -0.1) is 0 Å². The number of carbonyl (C=O) groups excluding carboxylic acids is 2. The van der Waals surface area contributed by atoms with Crippen molar-refractivity contribution in [2.45, 2.75) is 32.1 Å². The Morgan fingerprint density at radius 2 is 1.92 bits per heavy atom. The number of ketones is 1.